The molecule has 0 aliphatic heterocycles. The maximum Gasteiger partial charge on any atom is 0.272 e. The lowest BCUT2D eigenvalue weighted by molar-refractivity contribution is -0.605. The molecule has 3 aliphatic rings. The monoisotopic (exact) mass is 388 g/mol. The second-order valence-electron chi connectivity index (χ2n) is 8.31. The number of hydrogen-bond donors (Lipinski definition) is 1. The molecule has 2 saturated carbocycles. The van der Waals surface area contributed by atoms with Crippen LogP contribution in [-0.4, -0.2) is 25.7 Å². The number of aromatic nitrogens is 5. The van der Waals surface area contributed by atoms with Gasteiger partial charge in [-0.05, 0) is 50.2 Å². The van der Waals surface area contributed by atoms with Gasteiger partial charge in [0, 0.05) is 17.7 Å². The fourth-order valence-corrected chi connectivity index (χ4v) is 4.85. The van der Waals surface area contributed by atoms with Gasteiger partial charge in [0.15, 0.2) is 11.9 Å². The smallest absolute Gasteiger partial charge is 0.272 e. The summed E-state index contributed by atoms with van der Waals surface area (Å²) in [6.45, 7) is 0. The van der Waals surface area contributed by atoms with Crippen molar-refractivity contribution in [3.63, 3.8) is 0 Å². The van der Waals surface area contributed by atoms with E-state index in [1.54, 1.807) is 10.9 Å². The molecule has 3 aromatic heterocycles. The normalized spacial score (nSPS) is 23.0. The Kier molecular flexibility index (Phi) is 3.36. The van der Waals surface area contributed by atoms with Crippen LogP contribution in [0.2, 0.25) is 0 Å². The average Bonchev–Trinajstić information content (AvgIpc) is 3.20. The van der Waals surface area contributed by atoms with E-state index >= 15 is 0 Å². The first-order valence-electron chi connectivity index (χ1n) is 10.1. The van der Waals surface area contributed by atoms with E-state index in [9.17, 15) is 10.0 Å². The van der Waals surface area contributed by atoms with Gasteiger partial charge in [-0.15, -0.1) is 0 Å². The van der Waals surface area contributed by atoms with Crippen molar-refractivity contribution < 1.29 is 9.52 Å². The zero-order chi connectivity index (χ0) is 19.6. The van der Waals surface area contributed by atoms with Crippen LogP contribution in [0.4, 0.5) is 0 Å². The van der Waals surface area contributed by atoms with Gasteiger partial charge in [-0.2, -0.15) is 9.83 Å². The molecule has 6 rings (SSSR count). The molecule has 0 aromatic carbocycles. The van der Waals surface area contributed by atoms with Gasteiger partial charge >= 0.3 is 0 Å². The van der Waals surface area contributed by atoms with Crippen LogP contribution in [0.25, 0.3) is 5.82 Å². The predicted molar refractivity (Wildman–Crippen MR) is 102 cm³/mol. The van der Waals surface area contributed by atoms with Crippen molar-refractivity contribution in [2.45, 2.75) is 43.6 Å². The van der Waals surface area contributed by atoms with E-state index in [-0.39, 0.29) is 5.91 Å². The summed E-state index contributed by atoms with van der Waals surface area (Å²) in [6.07, 6.45) is 10.7. The second-order valence-corrected chi connectivity index (χ2v) is 8.31. The Morgan fingerprint density at radius 1 is 1.28 bits per heavy atom. The Bertz CT molecular complexity index is 1120. The Morgan fingerprint density at radius 2 is 2.17 bits per heavy atom. The summed E-state index contributed by atoms with van der Waals surface area (Å²) in [4.78, 5) is 22.1. The number of carbonyl (C=O) groups is 1. The molecule has 1 unspecified atom stereocenters. The topological polar surface area (TPSA) is 99.6 Å². The maximum absolute atomic E-state index is 13.3. The zero-order valence-corrected chi connectivity index (χ0v) is 15.8. The quantitative estimate of drug-likeness (QED) is 0.542. The van der Waals surface area contributed by atoms with Crippen LogP contribution in [0.15, 0.2) is 43.0 Å². The zero-order valence-electron chi connectivity index (χ0n) is 15.8. The molecule has 0 bridgehead atoms. The molecule has 146 valence electrons. The maximum atomic E-state index is 13.3. The van der Waals surface area contributed by atoms with Crippen LogP contribution < -0.4 is 10.0 Å². The molecule has 2 atom stereocenters. The Balaban J connectivity index is 1.38. The van der Waals surface area contributed by atoms with Crippen molar-refractivity contribution in [1.82, 2.24) is 25.1 Å². The second kappa shape index (κ2) is 5.85. The van der Waals surface area contributed by atoms with Crippen LogP contribution in [-0.2, 0) is 12.0 Å². The fraction of sp³-hybridized carbons (Fsp3) is 0.381. The third-order valence-electron chi connectivity index (χ3n) is 6.57. The van der Waals surface area contributed by atoms with Crippen LogP contribution in [0, 0.1) is 11.1 Å². The molecule has 0 spiro atoms. The Morgan fingerprint density at radius 3 is 2.90 bits per heavy atom. The highest BCUT2D eigenvalue weighted by Crippen LogP contribution is 2.57. The summed E-state index contributed by atoms with van der Waals surface area (Å²) in [7, 11) is 0. The van der Waals surface area contributed by atoms with Crippen molar-refractivity contribution in [3.05, 3.63) is 70.8 Å². The van der Waals surface area contributed by atoms with Gasteiger partial charge in [-0.3, -0.25) is 9.78 Å². The summed E-state index contributed by atoms with van der Waals surface area (Å²) >= 11 is 0. The van der Waals surface area contributed by atoms with Crippen molar-refractivity contribution in [1.29, 1.82) is 0 Å². The lowest BCUT2D eigenvalue weighted by Crippen LogP contribution is -2.51. The number of hydrogen-bond acceptors (Lipinski definition) is 5. The molecule has 0 saturated heterocycles. The molecule has 0 radical (unpaired) electrons. The highest BCUT2D eigenvalue weighted by Gasteiger charge is 2.51. The molecular weight excluding hydrogens is 368 g/mol. The van der Waals surface area contributed by atoms with Crippen molar-refractivity contribution in [2.24, 2.45) is 5.92 Å². The van der Waals surface area contributed by atoms with Crippen molar-refractivity contribution >= 4 is 5.91 Å². The fourth-order valence-electron chi connectivity index (χ4n) is 4.85. The third kappa shape index (κ3) is 2.48. The Labute approximate surface area is 167 Å². The number of pyridine rings is 1. The van der Waals surface area contributed by atoms with Gasteiger partial charge in [0.2, 0.25) is 12.0 Å². The van der Waals surface area contributed by atoms with Gasteiger partial charge in [0.25, 0.3) is 5.91 Å². The number of amides is 1. The summed E-state index contributed by atoms with van der Waals surface area (Å²) in [5.41, 5.74) is 2.98. The van der Waals surface area contributed by atoms with Gasteiger partial charge in [0.1, 0.15) is 0 Å². The van der Waals surface area contributed by atoms with Crippen LogP contribution in [0.5, 0.6) is 0 Å². The van der Waals surface area contributed by atoms with E-state index in [1.807, 2.05) is 18.2 Å². The summed E-state index contributed by atoms with van der Waals surface area (Å²) in [5, 5.41) is 19.6. The van der Waals surface area contributed by atoms with Gasteiger partial charge in [-0.25, -0.2) is 9.67 Å². The van der Waals surface area contributed by atoms with E-state index in [0.717, 1.165) is 49.1 Å². The molecule has 8 heteroatoms. The highest BCUT2D eigenvalue weighted by molar-refractivity contribution is 5.95. The molecule has 3 aliphatic carbocycles. The number of nitrogens with one attached hydrogen (secondary N) is 1. The SMILES string of the molecule is O=C(NC1(c2ccccn2)CCC1)c1nn(-c2c[n+]([O-])ccn2)c2c1CC1C[C@H]21. The lowest BCUT2D eigenvalue weighted by Gasteiger charge is -2.41. The molecule has 2 fully saturated rings. The van der Waals surface area contributed by atoms with Crippen molar-refractivity contribution in [2.75, 3.05) is 0 Å². The molecule has 1 N–H and O–H groups in total. The van der Waals surface area contributed by atoms with Crippen LogP contribution in [0.1, 0.15) is 59.0 Å². The predicted octanol–water partition coefficient (Wildman–Crippen LogP) is 1.76. The average molecular weight is 388 g/mol. The van der Waals surface area contributed by atoms with Gasteiger partial charge in [0.05, 0.1) is 23.1 Å². The number of fused-ring (bicyclic) bond motifs is 3. The minimum atomic E-state index is -0.417. The van der Waals surface area contributed by atoms with E-state index in [4.69, 9.17) is 0 Å². The summed E-state index contributed by atoms with van der Waals surface area (Å²) in [5.74, 6) is 1.28. The van der Waals surface area contributed by atoms with Crippen molar-refractivity contribution in [3.8, 4) is 5.82 Å². The number of carbonyl (C=O) groups excluding carboxylic acids is 1. The minimum absolute atomic E-state index is 0.169. The summed E-state index contributed by atoms with van der Waals surface area (Å²) < 4.78 is 2.41. The molecule has 3 aromatic rings. The third-order valence-corrected chi connectivity index (χ3v) is 6.57. The van der Waals surface area contributed by atoms with E-state index in [0.29, 0.717) is 28.1 Å². The van der Waals surface area contributed by atoms with E-state index in [1.165, 1.54) is 18.6 Å². The van der Waals surface area contributed by atoms with Crippen LogP contribution in [0.3, 0.4) is 0 Å². The van der Waals surface area contributed by atoms with E-state index < -0.39 is 5.54 Å². The minimum Gasteiger partial charge on any atom is -0.619 e. The van der Waals surface area contributed by atoms with Gasteiger partial charge in [-0.1, -0.05) is 6.07 Å². The van der Waals surface area contributed by atoms with E-state index in [2.05, 4.69) is 20.4 Å². The Hall–Kier alpha value is -3.29. The largest absolute Gasteiger partial charge is 0.619 e. The van der Waals surface area contributed by atoms with Crippen LogP contribution >= 0.6 is 0 Å². The molecule has 8 nitrogen and oxygen atoms in total. The number of nitrogens with zero attached hydrogens (tertiary/aromatic N) is 5. The first-order valence-corrected chi connectivity index (χ1v) is 10.1. The molecule has 3 heterocycles. The first kappa shape index (κ1) is 16.6. The lowest BCUT2D eigenvalue weighted by atomic mass is 9.74. The summed E-state index contributed by atoms with van der Waals surface area (Å²) in [6, 6.07) is 5.81. The standard InChI is InChI=1S/C21H20N6O2/c28-20(24-21(5-3-6-21)16-4-1-2-7-22-16)18-15-11-13-10-14(13)19(15)27(25-18)17-12-26(29)9-8-23-17/h1-2,4,7-9,12-14H,3,5-6,10-11H2,(H,24,28)/t13?,14-/m0/s1. The van der Waals surface area contributed by atoms with Gasteiger partial charge < -0.3 is 10.5 Å². The molecule has 1 amide bonds. The first-order chi connectivity index (χ1) is 14.1. The highest BCUT2D eigenvalue weighted by atomic mass is 16.5. The number of rotatable bonds is 4. The molecule has 29 heavy (non-hydrogen) atoms. The molecular formula is C21H20N6O2.